The summed E-state index contributed by atoms with van der Waals surface area (Å²) in [5, 5.41) is 3.45. The van der Waals surface area contributed by atoms with Gasteiger partial charge in [-0.1, -0.05) is 13.8 Å². The van der Waals surface area contributed by atoms with E-state index in [2.05, 4.69) is 49.9 Å². The molecule has 1 N–H and O–H groups in total. The standard InChI is InChI=1S/C15H27N3O/c1-10(2)14-16-9-13(19-11(3)4)12(18-14)8-17-15(5,6)7/h9-11,17H,8H2,1-7H3. The van der Waals surface area contributed by atoms with Gasteiger partial charge in [-0.2, -0.15) is 0 Å². The van der Waals surface area contributed by atoms with Gasteiger partial charge in [0.1, 0.15) is 5.82 Å². The van der Waals surface area contributed by atoms with Crippen LogP contribution in [0.15, 0.2) is 6.20 Å². The highest BCUT2D eigenvalue weighted by Crippen LogP contribution is 2.20. The molecule has 1 heterocycles. The lowest BCUT2D eigenvalue weighted by Gasteiger charge is -2.22. The summed E-state index contributed by atoms with van der Waals surface area (Å²) in [7, 11) is 0. The Balaban J connectivity index is 2.97. The number of ether oxygens (including phenoxy) is 1. The van der Waals surface area contributed by atoms with Crippen molar-refractivity contribution in [1.82, 2.24) is 15.3 Å². The van der Waals surface area contributed by atoms with E-state index in [9.17, 15) is 0 Å². The Morgan fingerprint density at radius 1 is 1.21 bits per heavy atom. The van der Waals surface area contributed by atoms with Crippen molar-refractivity contribution in [2.24, 2.45) is 0 Å². The number of aromatic nitrogens is 2. The highest BCUT2D eigenvalue weighted by Gasteiger charge is 2.15. The Labute approximate surface area is 117 Å². The molecule has 108 valence electrons. The van der Waals surface area contributed by atoms with Crippen LogP contribution in [0.4, 0.5) is 0 Å². The van der Waals surface area contributed by atoms with Crippen LogP contribution in [0.3, 0.4) is 0 Å². The van der Waals surface area contributed by atoms with E-state index in [-0.39, 0.29) is 11.6 Å². The Morgan fingerprint density at radius 2 is 1.84 bits per heavy atom. The van der Waals surface area contributed by atoms with Gasteiger partial charge in [-0.15, -0.1) is 0 Å². The van der Waals surface area contributed by atoms with Crippen molar-refractivity contribution in [3.05, 3.63) is 17.7 Å². The van der Waals surface area contributed by atoms with Crippen molar-refractivity contribution in [2.45, 2.75) is 72.6 Å². The van der Waals surface area contributed by atoms with E-state index in [0.29, 0.717) is 12.5 Å². The summed E-state index contributed by atoms with van der Waals surface area (Å²) in [6.45, 7) is 15.3. The first-order chi connectivity index (χ1) is 8.69. The number of hydrogen-bond acceptors (Lipinski definition) is 4. The zero-order chi connectivity index (χ0) is 14.6. The van der Waals surface area contributed by atoms with Gasteiger partial charge in [-0.05, 0) is 34.6 Å². The maximum atomic E-state index is 5.78. The van der Waals surface area contributed by atoms with E-state index in [1.54, 1.807) is 6.20 Å². The predicted octanol–water partition coefficient (Wildman–Crippen LogP) is 3.28. The maximum Gasteiger partial charge on any atom is 0.160 e. The largest absolute Gasteiger partial charge is 0.487 e. The van der Waals surface area contributed by atoms with Crippen LogP contribution in [0.2, 0.25) is 0 Å². The lowest BCUT2D eigenvalue weighted by molar-refractivity contribution is 0.235. The van der Waals surface area contributed by atoms with Crippen LogP contribution < -0.4 is 10.1 Å². The summed E-state index contributed by atoms with van der Waals surface area (Å²) >= 11 is 0. The molecule has 0 radical (unpaired) electrons. The first kappa shape index (κ1) is 15.9. The molecule has 0 fully saturated rings. The van der Waals surface area contributed by atoms with Crippen LogP contribution in [-0.4, -0.2) is 21.6 Å². The van der Waals surface area contributed by atoms with Crippen LogP contribution in [0.1, 0.15) is 65.9 Å². The first-order valence-corrected chi connectivity index (χ1v) is 6.96. The molecule has 1 rings (SSSR count). The first-order valence-electron chi connectivity index (χ1n) is 6.96. The Kier molecular flexibility index (Phi) is 5.29. The number of rotatable bonds is 5. The van der Waals surface area contributed by atoms with Gasteiger partial charge in [0.2, 0.25) is 0 Å². The molecule has 0 aromatic carbocycles. The fraction of sp³-hybridized carbons (Fsp3) is 0.733. The Bertz CT molecular complexity index is 408. The third-order valence-electron chi connectivity index (χ3n) is 2.51. The van der Waals surface area contributed by atoms with Gasteiger partial charge >= 0.3 is 0 Å². The second-order valence-corrected chi connectivity index (χ2v) is 6.46. The van der Waals surface area contributed by atoms with E-state index < -0.39 is 0 Å². The molecular formula is C15H27N3O. The van der Waals surface area contributed by atoms with Crippen LogP contribution in [-0.2, 0) is 6.54 Å². The molecule has 1 aromatic heterocycles. The fourth-order valence-corrected chi connectivity index (χ4v) is 1.53. The van der Waals surface area contributed by atoms with Crippen molar-refractivity contribution in [3.63, 3.8) is 0 Å². The van der Waals surface area contributed by atoms with E-state index >= 15 is 0 Å². The van der Waals surface area contributed by atoms with E-state index in [1.165, 1.54) is 0 Å². The summed E-state index contributed by atoms with van der Waals surface area (Å²) in [5.74, 6) is 1.96. The molecule has 4 nitrogen and oxygen atoms in total. The van der Waals surface area contributed by atoms with Gasteiger partial charge in [0.25, 0.3) is 0 Å². The molecule has 1 aromatic rings. The minimum Gasteiger partial charge on any atom is -0.487 e. The van der Waals surface area contributed by atoms with Crippen molar-refractivity contribution in [2.75, 3.05) is 0 Å². The second kappa shape index (κ2) is 6.33. The van der Waals surface area contributed by atoms with Gasteiger partial charge in [0.05, 0.1) is 18.0 Å². The molecular weight excluding hydrogens is 238 g/mol. The predicted molar refractivity (Wildman–Crippen MR) is 78.5 cm³/mol. The van der Waals surface area contributed by atoms with Gasteiger partial charge < -0.3 is 10.1 Å². The third kappa shape index (κ3) is 5.55. The fourth-order valence-electron chi connectivity index (χ4n) is 1.53. The third-order valence-corrected chi connectivity index (χ3v) is 2.51. The highest BCUT2D eigenvalue weighted by atomic mass is 16.5. The monoisotopic (exact) mass is 265 g/mol. The van der Waals surface area contributed by atoms with E-state index in [1.807, 2.05) is 13.8 Å². The number of nitrogens with zero attached hydrogens (tertiary/aromatic N) is 2. The number of hydrogen-bond donors (Lipinski definition) is 1. The van der Waals surface area contributed by atoms with Gasteiger partial charge in [0.15, 0.2) is 5.75 Å². The molecule has 0 aliphatic rings. The van der Waals surface area contributed by atoms with E-state index in [0.717, 1.165) is 17.3 Å². The molecule has 4 heteroatoms. The lowest BCUT2D eigenvalue weighted by atomic mass is 10.1. The molecule has 0 spiro atoms. The Morgan fingerprint density at radius 3 is 2.32 bits per heavy atom. The normalized spacial score (nSPS) is 12.3. The van der Waals surface area contributed by atoms with Crippen molar-refractivity contribution in [3.8, 4) is 5.75 Å². The molecule has 0 saturated carbocycles. The van der Waals surface area contributed by atoms with Crippen LogP contribution in [0.25, 0.3) is 0 Å². The van der Waals surface area contributed by atoms with Crippen molar-refractivity contribution >= 4 is 0 Å². The summed E-state index contributed by atoms with van der Waals surface area (Å²) in [6, 6.07) is 0. The smallest absolute Gasteiger partial charge is 0.160 e. The molecule has 19 heavy (non-hydrogen) atoms. The molecule has 0 saturated heterocycles. The van der Waals surface area contributed by atoms with Crippen LogP contribution >= 0.6 is 0 Å². The minimum absolute atomic E-state index is 0.0536. The summed E-state index contributed by atoms with van der Waals surface area (Å²) in [5.41, 5.74) is 0.986. The molecule has 0 atom stereocenters. The topological polar surface area (TPSA) is 47.0 Å². The molecule has 0 aliphatic heterocycles. The average Bonchev–Trinajstić information content (AvgIpc) is 2.25. The highest BCUT2D eigenvalue weighted by molar-refractivity contribution is 5.25. The quantitative estimate of drug-likeness (QED) is 0.887. The van der Waals surface area contributed by atoms with Gasteiger partial charge in [0, 0.05) is 18.0 Å². The SMILES string of the molecule is CC(C)Oc1cnc(C(C)C)nc1CNC(C)(C)C. The molecule has 0 bridgehead atoms. The van der Waals surface area contributed by atoms with Crippen molar-refractivity contribution in [1.29, 1.82) is 0 Å². The zero-order valence-electron chi connectivity index (χ0n) is 13.2. The van der Waals surface area contributed by atoms with Crippen molar-refractivity contribution < 1.29 is 4.74 Å². The lowest BCUT2D eigenvalue weighted by Crippen LogP contribution is -2.35. The zero-order valence-corrected chi connectivity index (χ0v) is 13.2. The minimum atomic E-state index is 0.0536. The second-order valence-electron chi connectivity index (χ2n) is 6.46. The maximum absolute atomic E-state index is 5.78. The molecule has 0 unspecified atom stereocenters. The van der Waals surface area contributed by atoms with Crippen LogP contribution in [0.5, 0.6) is 5.75 Å². The average molecular weight is 265 g/mol. The number of nitrogens with one attached hydrogen (secondary N) is 1. The van der Waals surface area contributed by atoms with Gasteiger partial charge in [-0.3, -0.25) is 0 Å². The molecule has 0 amide bonds. The van der Waals surface area contributed by atoms with Gasteiger partial charge in [-0.25, -0.2) is 9.97 Å². The summed E-state index contributed by atoms with van der Waals surface area (Å²) in [6.07, 6.45) is 1.92. The summed E-state index contributed by atoms with van der Waals surface area (Å²) < 4.78 is 5.78. The van der Waals surface area contributed by atoms with E-state index in [4.69, 9.17) is 4.74 Å². The molecule has 0 aliphatic carbocycles. The summed E-state index contributed by atoms with van der Waals surface area (Å²) in [4.78, 5) is 9.00. The van der Waals surface area contributed by atoms with Crippen LogP contribution in [0, 0.1) is 0 Å². The Hall–Kier alpha value is -1.16.